The van der Waals surface area contributed by atoms with Crippen LogP contribution in [0.4, 0.5) is 5.69 Å². The van der Waals surface area contributed by atoms with Gasteiger partial charge >= 0.3 is 0 Å². The molecule has 0 radical (unpaired) electrons. The molecular weight excluding hydrogens is 427 g/mol. The van der Waals surface area contributed by atoms with Gasteiger partial charge in [-0.25, -0.2) is 8.42 Å². The Morgan fingerprint density at radius 1 is 1.14 bits per heavy atom. The molecule has 0 spiro atoms. The van der Waals surface area contributed by atoms with E-state index in [9.17, 15) is 13.2 Å². The number of hydrogen-bond acceptors (Lipinski definition) is 5. The largest absolute Gasteiger partial charge is 0.495 e. The van der Waals surface area contributed by atoms with Gasteiger partial charge in [0, 0.05) is 13.1 Å². The normalized spacial score (nSPS) is 15.2. The Kier molecular flexibility index (Phi) is 6.47. The Labute approximate surface area is 173 Å². The van der Waals surface area contributed by atoms with E-state index in [1.54, 1.807) is 24.3 Å². The number of nitrogens with one attached hydrogen (secondary N) is 1. The number of sulfonamides is 1. The molecule has 1 saturated heterocycles. The number of carbonyl (C=O) groups is 1. The van der Waals surface area contributed by atoms with Gasteiger partial charge < -0.3 is 14.8 Å². The second-order valence-corrected chi connectivity index (χ2v) is 8.65. The zero-order chi connectivity index (χ0) is 20.3. The molecule has 1 heterocycles. The topological polar surface area (TPSA) is 84.9 Å². The molecule has 0 saturated carbocycles. The molecule has 3 rings (SSSR count). The monoisotopic (exact) mass is 444 g/mol. The Morgan fingerprint density at radius 3 is 2.50 bits per heavy atom. The number of carbonyl (C=O) groups excluding carboxylic acids is 1. The van der Waals surface area contributed by atoms with E-state index in [1.807, 2.05) is 0 Å². The fourth-order valence-electron chi connectivity index (χ4n) is 2.76. The lowest BCUT2D eigenvalue weighted by atomic mass is 10.2. The van der Waals surface area contributed by atoms with Gasteiger partial charge in [0.05, 0.1) is 41.6 Å². The van der Waals surface area contributed by atoms with E-state index in [-0.39, 0.29) is 33.6 Å². The Morgan fingerprint density at radius 2 is 1.82 bits per heavy atom. The van der Waals surface area contributed by atoms with Crippen LogP contribution in [0.2, 0.25) is 10.0 Å². The summed E-state index contributed by atoms with van der Waals surface area (Å²) < 4.78 is 37.6. The summed E-state index contributed by atoms with van der Waals surface area (Å²) in [6, 6.07) is 9.29. The lowest BCUT2D eigenvalue weighted by Gasteiger charge is -2.26. The predicted molar refractivity (Wildman–Crippen MR) is 107 cm³/mol. The SMILES string of the molecule is COc1ccccc1NC(=O)c1cc(S(=O)(=O)N2CCOCC2)c(Cl)cc1Cl. The number of anilines is 1. The molecular formula is C18H18Cl2N2O5S. The average molecular weight is 445 g/mol. The maximum Gasteiger partial charge on any atom is 0.257 e. The molecule has 10 heteroatoms. The first kappa shape index (κ1) is 20.9. The molecule has 1 amide bonds. The summed E-state index contributed by atoms with van der Waals surface area (Å²) in [5.41, 5.74) is 0.419. The van der Waals surface area contributed by atoms with Crippen molar-refractivity contribution < 1.29 is 22.7 Å². The number of morpholine rings is 1. The molecule has 150 valence electrons. The van der Waals surface area contributed by atoms with Crippen molar-refractivity contribution in [3.05, 3.63) is 52.0 Å². The molecule has 1 aliphatic rings. The van der Waals surface area contributed by atoms with Crippen LogP contribution in [0.5, 0.6) is 5.75 Å². The van der Waals surface area contributed by atoms with E-state index in [0.29, 0.717) is 24.7 Å². The smallest absolute Gasteiger partial charge is 0.257 e. The van der Waals surface area contributed by atoms with Crippen LogP contribution in [0, 0.1) is 0 Å². The van der Waals surface area contributed by atoms with Crippen molar-refractivity contribution in [2.45, 2.75) is 4.90 Å². The zero-order valence-electron chi connectivity index (χ0n) is 14.9. The van der Waals surface area contributed by atoms with Crippen molar-refractivity contribution in [3.63, 3.8) is 0 Å². The van der Waals surface area contributed by atoms with Gasteiger partial charge in [0.25, 0.3) is 5.91 Å². The minimum atomic E-state index is -3.89. The molecule has 28 heavy (non-hydrogen) atoms. The molecule has 1 aliphatic heterocycles. The maximum atomic E-state index is 12.9. The van der Waals surface area contributed by atoms with E-state index < -0.39 is 15.9 Å². The summed E-state index contributed by atoms with van der Waals surface area (Å²) in [6.07, 6.45) is 0. The number of amides is 1. The number of ether oxygens (including phenoxy) is 2. The molecule has 2 aromatic carbocycles. The maximum absolute atomic E-state index is 12.9. The van der Waals surface area contributed by atoms with Gasteiger partial charge in [0.2, 0.25) is 10.0 Å². The van der Waals surface area contributed by atoms with Crippen LogP contribution in [0.25, 0.3) is 0 Å². The summed E-state index contributed by atoms with van der Waals surface area (Å²) >= 11 is 12.3. The Balaban J connectivity index is 1.96. The minimum absolute atomic E-state index is 0.0104. The first-order valence-corrected chi connectivity index (χ1v) is 10.6. The van der Waals surface area contributed by atoms with E-state index in [2.05, 4.69) is 5.32 Å². The summed E-state index contributed by atoms with van der Waals surface area (Å²) in [7, 11) is -2.41. The Bertz CT molecular complexity index is 991. The van der Waals surface area contributed by atoms with Crippen LogP contribution in [0.3, 0.4) is 0 Å². The predicted octanol–water partition coefficient (Wildman–Crippen LogP) is 3.28. The number of rotatable bonds is 5. The average Bonchev–Trinajstić information content (AvgIpc) is 2.68. The van der Waals surface area contributed by atoms with Crippen molar-refractivity contribution in [2.24, 2.45) is 0 Å². The third-order valence-electron chi connectivity index (χ3n) is 4.21. The van der Waals surface area contributed by atoms with E-state index >= 15 is 0 Å². The van der Waals surface area contributed by atoms with Crippen LogP contribution in [0.15, 0.2) is 41.3 Å². The lowest BCUT2D eigenvalue weighted by Crippen LogP contribution is -2.40. The van der Waals surface area contributed by atoms with Gasteiger partial charge in [-0.2, -0.15) is 4.31 Å². The van der Waals surface area contributed by atoms with Gasteiger partial charge in [-0.15, -0.1) is 0 Å². The quantitative estimate of drug-likeness (QED) is 0.764. The fraction of sp³-hybridized carbons (Fsp3) is 0.278. The highest BCUT2D eigenvalue weighted by Crippen LogP contribution is 2.32. The number of hydrogen-bond donors (Lipinski definition) is 1. The number of para-hydroxylation sites is 2. The van der Waals surface area contributed by atoms with Crippen LogP contribution in [0.1, 0.15) is 10.4 Å². The summed E-state index contributed by atoms with van der Waals surface area (Å²) in [5, 5.41) is 2.67. The lowest BCUT2D eigenvalue weighted by molar-refractivity contribution is 0.0730. The molecule has 1 fully saturated rings. The first-order valence-electron chi connectivity index (χ1n) is 8.36. The second-order valence-electron chi connectivity index (χ2n) is 5.93. The molecule has 0 unspecified atom stereocenters. The molecule has 2 aromatic rings. The number of nitrogens with zero attached hydrogens (tertiary/aromatic N) is 1. The van der Waals surface area contributed by atoms with Gasteiger partial charge in [-0.1, -0.05) is 35.3 Å². The van der Waals surface area contributed by atoms with Gasteiger partial charge in [-0.3, -0.25) is 4.79 Å². The highest BCUT2D eigenvalue weighted by atomic mass is 35.5. The molecule has 0 bridgehead atoms. The van der Waals surface area contributed by atoms with Crippen molar-refractivity contribution in [1.82, 2.24) is 4.31 Å². The molecule has 0 atom stereocenters. The van der Waals surface area contributed by atoms with Gasteiger partial charge in [-0.05, 0) is 24.3 Å². The molecule has 0 aromatic heterocycles. The highest BCUT2D eigenvalue weighted by Gasteiger charge is 2.30. The standard InChI is InChI=1S/C18H18Cl2N2O5S/c1-26-16-5-3-2-4-15(16)21-18(23)12-10-17(14(20)11-13(12)19)28(24,25)22-6-8-27-9-7-22/h2-5,10-11H,6-9H2,1H3,(H,21,23). The van der Waals surface area contributed by atoms with E-state index in [0.717, 1.165) is 0 Å². The van der Waals surface area contributed by atoms with Gasteiger partial charge in [0.1, 0.15) is 10.6 Å². The summed E-state index contributed by atoms with van der Waals surface area (Å²) in [6.45, 7) is 1.02. The highest BCUT2D eigenvalue weighted by molar-refractivity contribution is 7.89. The van der Waals surface area contributed by atoms with Crippen molar-refractivity contribution >= 4 is 44.8 Å². The molecule has 1 N–H and O–H groups in total. The van der Waals surface area contributed by atoms with Crippen molar-refractivity contribution in [3.8, 4) is 5.75 Å². The fourth-order valence-corrected chi connectivity index (χ4v) is 5.01. The first-order chi connectivity index (χ1) is 13.3. The van der Waals surface area contributed by atoms with E-state index in [1.165, 1.54) is 23.5 Å². The van der Waals surface area contributed by atoms with Crippen LogP contribution >= 0.6 is 23.2 Å². The van der Waals surface area contributed by atoms with Crippen LogP contribution < -0.4 is 10.1 Å². The van der Waals surface area contributed by atoms with Crippen LogP contribution in [-0.2, 0) is 14.8 Å². The molecule has 0 aliphatic carbocycles. The van der Waals surface area contributed by atoms with Crippen molar-refractivity contribution in [2.75, 3.05) is 38.7 Å². The van der Waals surface area contributed by atoms with E-state index in [4.69, 9.17) is 32.7 Å². The third kappa shape index (κ3) is 4.26. The molecule has 7 nitrogen and oxygen atoms in total. The summed E-state index contributed by atoms with van der Waals surface area (Å²) in [4.78, 5) is 12.6. The van der Waals surface area contributed by atoms with Gasteiger partial charge in [0.15, 0.2) is 0 Å². The second kappa shape index (κ2) is 8.67. The zero-order valence-corrected chi connectivity index (χ0v) is 17.3. The third-order valence-corrected chi connectivity index (χ3v) is 6.89. The number of halogens is 2. The summed E-state index contributed by atoms with van der Waals surface area (Å²) in [5.74, 6) is -0.119. The number of benzene rings is 2. The number of methoxy groups -OCH3 is 1. The Hall–Kier alpha value is -1.84. The minimum Gasteiger partial charge on any atom is -0.495 e. The van der Waals surface area contributed by atoms with Crippen molar-refractivity contribution in [1.29, 1.82) is 0 Å². The van der Waals surface area contributed by atoms with Crippen LogP contribution in [-0.4, -0.2) is 52.0 Å².